The number of aromatic amines is 1. The third kappa shape index (κ3) is 5.23. The highest BCUT2D eigenvalue weighted by Crippen LogP contribution is 2.29. The monoisotopic (exact) mass is 482 g/mol. The maximum atomic E-state index is 13.5. The van der Waals surface area contributed by atoms with Crippen LogP contribution >= 0.6 is 12.4 Å². The number of pyridine rings is 1. The van der Waals surface area contributed by atoms with Gasteiger partial charge in [0.1, 0.15) is 17.2 Å². The van der Waals surface area contributed by atoms with Crippen molar-refractivity contribution >= 4 is 46.2 Å². The molecule has 2 aromatic heterocycles. The lowest BCUT2D eigenvalue weighted by Crippen LogP contribution is -2.08. The number of nitrogens with zero attached hydrogens (tertiary/aromatic N) is 2. The van der Waals surface area contributed by atoms with E-state index in [2.05, 4.69) is 20.3 Å². The molecule has 0 unspecified atom stereocenters. The van der Waals surface area contributed by atoms with E-state index in [1.807, 2.05) is 60.7 Å². The van der Waals surface area contributed by atoms with Gasteiger partial charge in [0, 0.05) is 35.8 Å². The van der Waals surface area contributed by atoms with E-state index in [4.69, 9.17) is 0 Å². The predicted molar refractivity (Wildman–Crippen MR) is 142 cm³/mol. The van der Waals surface area contributed by atoms with Crippen LogP contribution in [0.5, 0.6) is 0 Å². The number of carbonyl (C=O) groups excluding carboxylic acids is 1. The summed E-state index contributed by atoms with van der Waals surface area (Å²) >= 11 is 0. The number of aliphatic hydroxyl groups is 1. The minimum atomic E-state index is -0.314. The molecule has 3 aromatic carbocycles. The highest BCUT2D eigenvalue weighted by Gasteiger charge is 2.23. The molecule has 7 heteroatoms. The van der Waals surface area contributed by atoms with Gasteiger partial charge in [0.05, 0.1) is 11.0 Å². The molecule has 0 saturated heterocycles. The Morgan fingerprint density at radius 1 is 0.886 bits per heavy atom. The Kier molecular flexibility index (Phi) is 7.24. The van der Waals surface area contributed by atoms with E-state index in [1.165, 1.54) is 0 Å². The standard InChI is InChI=1S/C28H22N4O2.ClH/c33-26(20-9-2-1-3-10-20)25(28-31-23-13-4-5-14-24(23)32-28)27(34)21-11-6-12-22(16-21)30-18-19-8-7-15-29-17-19;/h1-17,30,34H,18H2,(H,31,32);1H. The molecule has 0 aliphatic carbocycles. The van der Waals surface area contributed by atoms with E-state index >= 15 is 0 Å². The van der Waals surface area contributed by atoms with Crippen molar-refractivity contribution < 1.29 is 9.90 Å². The Balaban J connectivity index is 0.00000289. The number of aliphatic hydroxyl groups excluding tert-OH is 1. The number of benzene rings is 3. The van der Waals surface area contributed by atoms with E-state index < -0.39 is 0 Å². The number of nitrogens with one attached hydrogen (secondary N) is 2. The number of ketones is 1. The van der Waals surface area contributed by atoms with Crippen molar-refractivity contribution in [3.8, 4) is 0 Å². The maximum Gasteiger partial charge on any atom is 0.200 e. The van der Waals surface area contributed by atoms with Crippen molar-refractivity contribution in [1.82, 2.24) is 15.0 Å². The van der Waals surface area contributed by atoms with Crippen LogP contribution in [0.2, 0.25) is 0 Å². The van der Waals surface area contributed by atoms with Crippen LogP contribution < -0.4 is 5.32 Å². The number of rotatable bonds is 7. The zero-order chi connectivity index (χ0) is 23.3. The molecule has 0 fully saturated rings. The summed E-state index contributed by atoms with van der Waals surface area (Å²) in [7, 11) is 0. The molecule has 174 valence electrons. The first-order valence-electron chi connectivity index (χ1n) is 10.9. The van der Waals surface area contributed by atoms with E-state index in [9.17, 15) is 9.90 Å². The van der Waals surface area contributed by atoms with Gasteiger partial charge < -0.3 is 15.4 Å². The molecule has 3 N–H and O–H groups in total. The van der Waals surface area contributed by atoms with Gasteiger partial charge in [0.2, 0.25) is 5.78 Å². The van der Waals surface area contributed by atoms with Crippen molar-refractivity contribution in [3.05, 3.63) is 126 Å². The molecule has 0 aliphatic heterocycles. The van der Waals surface area contributed by atoms with Gasteiger partial charge in [0.15, 0.2) is 0 Å². The fourth-order valence-electron chi connectivity index (χ4n) is 3.76. The summed E-state index contributed by atoms with van der Waals surface area (Å²) in [6.45, 7) is 0.584. The summed E-state index contributed by atoms with van der Waals surface area (Å²) in [6.07, 6.45) is 3.53. The Hall–Kier alpha value is -4.42. The van der Waals surface area contributed by atoms with E-state index in [0.717, 1.165) is 22.3 Å². The average Bonchev–Trinajstić information content (AvgIpc) is 3.32. The van der Waals surface area contributed by atoms with Gasteiger partial charge in [-0.2, -0.15) is 0 Å². The molecular formula is C28H23ClN4O2. The first-order chi connectivity index (χ1) is 16.7. The van der Waals surface area contributed by atoms with Crippen molar-refractivity contribution in [2.75, 3.05) is 5.32 Å². The molecule has 0 spiro atoms. The first kappa shape index (κ1) is 23.7. The quantitative estimate of drug-likeness (QED) is 0.144. The number of aromatic nitrogens is 3. The second kappa shape index (κ2) is 10.7. The maximum absolute atomic E-state index is 13.5. The fourth-order valence-corrected chi connectivity index (χ4v) is 3.76. The van der Waals surface area contributed by atoms with Crippen LogP contribution in [0.4, 0.5) is 5.69 Å². The van der Waals surface area contributed by atoms with Crippen LogP contribution in [-0.2, 0) is 6.54 Å². The van der Waals surface area contributed by atoms with Crippen molar-refractivity contribution in [2.24, 2.45) is 0 Å². The number of imidazole rings is 1. The van der Waals surface area contributed by atoms with E-state index in [0.29, 0.717) is 23.5 Å². The minimum Gasteiger partial charge on any atom is -0.506 e. The lowest BCUT2D eigenvalue weighted by atomic mass is 9.98. The number of para-hydroxylation sites is 2. The largest absolute Gasteiger partial charge is 0.506 e. The number of fused-ring (bicyclic) bond motifs is 1. The summed E-state index contributed by atoms with van der Waals surface area (Å²) in [5, 5.41) is 14.7. The second-order valence-electron chi connectivity index (χ2n) is 7.82. The van der Waals surface area contributed by atoms with Gasteiger partial charge >= 0.3 is 0 Å². The summed E-state index contributed by atoms with van der Waals surface area (Å²) in [5.74, 6) is -0.134. The van der Waals surface area contributed by atoms with Gasteiger partial charge in [-0.05, 0) is 35.9 Å². The molecule has 0 atom stereocenters. The minimum absolute atomic E-state index is 0. The third-order valence-electron chi connectivity index (χ3n) is 5.48. The van der Waals surface area contributed by atoms with Gasteiger partial charge in [0.25, 0.3) is 0 Å². The summed E-state index contributed by atoms with van der Waals surface area (Å²) < 4.78 is 0. The van der Waals surface area contributed by atoms with Crippen LogP contribution in [0.3, 0.4) is 0 Å². The van der Waals surface area contributed by atoms with Gasteiger partial charge in [-0.1, -0.05) is 60.7 Å². The summed E-state index contributed by atoms with van der Waals surface area (Å²) in [5.41, 5.74) is 4.45. The fraction of sp³-hybridized carbons (Fsp3) is 0.0357. The van der Waals surface area contributed by atoms with Crippen LogP contribution in [0, 0.1) is 0 Å². The number of hydrogen-bond acceptors (Lipinski definition) is 5. The second-order valence-corrected chi connectivity index (χ2v) is 7.82. The van der Waals surface area contributed by atoms with Crippen molar-refractivity contribution in [3.63, 3.8) is 0 Å². The molecule has 0 saturated carbocycles. The predicted octanol–water partition coefficient (Wildman–Crippen LogP) is 6.30. The zero-order valence-corrected chi connectivity index (χ0v) is 19.5. The Labute approximate surface area is 208 Å². The number of Topliss-reactive ketones (excluding diaryl/α,β-unsaturated/α-hetero) is 1. The molecule has 35 heavy (non-hydrogen) atoms. The molecule has 0 aliphatic rings. The van der Waals surface area contributed by atoms with Gasteiger partial charge in [-0.15, -0.1) is 12.4 Å². The number of anilines is 1. The average molecular weight is 483 g/mol. The number of halogens is 1. The van der Waals surface area contributed by atoms with Crippen LogP contribution in [0.15, 0.2) is 103 Å². The van der Waals surface area contributed by atoms with Crippen LogP contribution in [0.25, 0.3) is 22.4 Å². The molecule has 0 radical (unpaired) electrons. The number of hydrogen-bond donors (Lipinski definition) is 3. The third-order valence-corrected chi connectivity index (χ3v) is 5.48. The normalized spacial score (nSPS) is 11.4. The molecule has 6 nitrogen and oxygen atoms in total. The highest BCUT2D eigenvalue weighted by atomic mass is 35.5. The molecule has 0 amide bonds. The lowest BCUT2D eigenvalue weighted by molar-refractivity contribution is 0.105. The number of allylic oxidation sites excluding steroid dienone is 1. The highest BCUT2D eigenvalue weighted by molar-refractivity contribution is 6.33. The van der Waals surface area contributed by atoms with Gasteiger partial charge in [-0.25, -0.2) is 4.98 Å². The van der Waals surface area contributed by atoms with Crippen LogP contribution in [-0.4, -0.2) is 25.8 Å². The SMILES string of the molecule is Cl.O=C(C(=C(O)c1cccc(NCc2cccnc2)c1)c1nc2ccccc2[nH]1)c1ccccc1. The Morgan fingerprint density at radius 2 is 1.66 bits per heavy atom. The van der Waals surface area contributed by atoms with E-state index in [1.54, 1.807) is 42.7 Å². The number of H-pyrrole nitrogens is 1. The molecule has 2 heterocycles. The Bertz CT molecular complexity index is 1450. The van der Waals surface area contributed by atoms with Crippen molar-refractivity contribution in [2.45, 2.75) is 6.54 Å². The number of carbonyl (C=O) groups is 1. The smallest absolute Gasteiger partial charge is 0.200 e. The lowest BCUT2D eigenvalue weighted by Gasteiger charge is -2.11. The topological polar surface area (TPSA) is 90.9 Å². The molecular weight excluding hydrogens is 460 g/mol. The Morgan fingerprint density at radius 3 is 2.43 bits per heavy atom. The van der Waals surface area contributed by atoms with Crippen LogP contribution in [0.1, 0.15) is 27.3 Å². The molecule has 0 bridgehead atoms. The van der Waals surface area contributed by atoms with Crippen molar-refractivity contribution in [1.29, 1.82) is 0 Å². The first-order valence-corrected chi connectivity index (χ1v) is 10.9. The zero-order valence-electron chi connectivity index (χ0n) is 18.7. The van der Waals surface area contributed by atoms with Gasteiger partial charge in [-0.3, -0.25) is 9.78 Å². The summed E-state index contributed by atoms with van der Waals surface area (Å²) in [4.78, 5) is 25.4. The molecule has 5 rings (SSSR count). The molecule has 5 aromatic rings. The van der Waals surface area contributed by atoms with E-state index in [-0.39, 0.29) is 29.5 Å². The summed E-state index contributed by atoms with van der Waals surface area (Å²) in [6, 6.07) is 27.6.